The second-order valence-corrected chi connectivity index (χ2v) is 6.36. The van der Waals surface area contributed by atoms with Crippen LogP contribution >= 0.6 is 0 Å². The van der Waals surface area contributed by atoms with Gasteiger partial charge in [0.15, 0.2) is 11.5 Å². The third-order valence-electron chi connectivity index (χ3n) is 3.98. The molecule has 3 rings (SSSR count). The Balaban J connectivity index is 1.72. The standard InChI is InChI=1S/C21H22N4O3/c1-14-7-9-17(18(12-14)27-4)28-19-10-8-15(13-23-19)24-21(26)16-6-5-11-22-20(16)25(2)3/h5-13H,1-4H3,(H,24,26). The van der Waals surface area contributed by atoms with E-state index in [9.17, 15) is 4.79 Å². The Labute approximate surface area is 164 Å². The van der Waals surface area contributed by atoms with Crippen molar-refractivity contribution in [2.75, 3.05) is 31.4 Å². The van der Waals surface area contributed by atoms with E-state index in [0.717, 1.165) is 5.56 Å². The first-order valence-electron chi connectivity index (χ1n) is 8.70. The van der Waals surface area contributed by atoms with E-state index >= 15 is 0 Å². The monoisotopic (exact) mass is 378 g/mol. The molecule has 0 atom stereocenters. The lowest BCUT2D eigenvalue weighted by Crippen LogP contribution is -2.19. The van der Waals surface area contributed by atoms with Gasteiger partial charge in [0.2, 0.25) is 5.88 Å². The smallest absolute Gasteiger partial charge is 0.259 e. The van der Waals surface area contributed by atoms with Crippen molar-refractivity contribution >= 4 is 17.4 Å². The zero-order chi connectivity index (χ0) is 20.1. The molecule has 0 spiro atoms. The third-order valence-corrected chi connectivity index (χ3v) is 3.98. The average molecular weight is 378 g/mol. The fourth-order valence-electron chi connectivity index (χ4n) is 2.62. The molecule has 7 heteroatoms. The van der Waals surface area contributed by atoms with Crippen LogP contribution in [0.1, 0.15) is 15.9 Å². The molecule has 0 unspecified atom stereocenters. The highest BCUT2D eigenvalue weighted by molar-refractivity contribution is 6.07. The molecule has 1 amide bonds. The predicted octanol–water partition coefficient (Wildman–Crippen LogP) is 3.90. The largest absolute Gasteiger partial charge is 0.493 e. The molecular formula is C21H22N4O3. The quantitative estimate of drug-likeness (QED) is 0.701. The maximum absolute atomic E-state index is 12.6. The average Bonchev–Trinajstić information content (AvgIpc) is 2.70. The SMILES string of the molecule is COc1cc(C)ccc1Oc1ccc(NC(=O)c2cccnc2N(C)C)cn1. The summed E-state index contributed by atoms with van der Waals surface area (Å²) >= 11 is 0. The molecule has 7 nitrogen and oxygen atoms in total. The van der Waals surface area contributed by atoms with Crippen LogP contribution in [-0.4, -0.2) is 37.1 Å². The number of anilines is 2. The van der Waals surface area contributed by atoms with E-state index in [0.29, 0.717) is 34.4 Å². The highest BCUT2D eigenvalue weighted by atomic mass is 16.5. The molecule has 3 aromatic rings. The summed E-state index contributed by atoms with van der Waals surface area (Å²) < 4.78 is 11.1. The Morgan fingerprint density at radius 2 is 1.89 bits per heavy atom. The van der Waals surface area contributed by atoms with Crippen molar-refractivity contribution in [3.8, 4) is 17.4 Å². The van der Waals surface area contributed by atoms with Crippen molar-refractivity contribution < 1.29 is 14.3 Å². The zero-order valence-electron chi connectivity index (χ0n) is 16.3. The molecule has 0 aliphatic heterocycles. The molecule has 144 valence electrons. The zero-order valence-corrected chi connectivity index (χ0v) is 16.3. The Kier molecular flexibility index (Phi) is 5.74. The van der Waals surface area contributed by atoms with Crippen LogP contribution in [-0.2, 0) is 0 Å². The number of nitrogens with zero attached hydrogens (tertiary/aromatic N) is 3. The summed E-state index contributed by atoms with van der Waals surface area (Å²) in [5.41, 5.74) is 2.11. The van der Waals surface area contributed by atoms with E-state index in [1.807, 2.05) is 39.2 Å². The summed E-state index contributed by atoms with van der Waals surface area (Å²) in [6, 6.07) is 12.5. The maximum atomic E-state index is 12.6. The number of hydrogen-bond donors (Lipinski definition) is 1. The maximum Gasteiger partial charge on any atom is 0.259 e. The van der Waals surface area contributed by atoms with Gasteiger partial charge in [-0.15, -0.1) is 0 Å². The number of rotatable bonds is 6. The van der Waals surface area contributed by atoms with E-state index in [1.54, 1.807) is 48.7 Å². The first kappa shape index (κ1) is 19.2. The van der Waals surface area contributed by atoms with Gasteiger partial charge in [-0.2, -0.15) is 0 Å². The Morgan fingerprint density at radius 3 is 2.57 bits per heavy atom. The second-order valence-electron chi connectivity index (χ2n) is 6.36. The van der Waals surface area contributed by atoms with E-state index in [2.05, 4.69) is 15.3 Å². The van der Waals surface area contributed by atoms with Gasteiger partial charge >= 0.3 is 0 Å². The van der Waals surface area contributed by atoms with E-state index in [-0.39, 0.29) is 5.91 Å². The van der Waals surface area contributed by atoms with Crippen LogP contribution in [0.4, 0.5) is 11.5 Å². The van der Waals surface area contributed by atoms with Gasteiger partial charge in [-0.25, -0.2) is 9.97 Å². The predicted molar refractivity (Wildman–Crippen MR) is 109 cm³/mol. The minimum Gasteiger partial charge on any atom is -0.493 e. The van der Waals surface area contributed by atoms with Gasteiger partial charge in [-0.1, -0.05) is 6.07 Å². The molecule has 0 bridgehead atoms. The van der Waals surface area contributed by atoms with Crippen molar-refractivity contribution in [1.82, 2.24) is 9.97 Å². The molecule has 2 aromatic heterocycles. The first-order valence-corrected chi connectivity index (χ1v) is 8.70. The number of hydrogen-bond acceptors (Lipinski definition) is 6. The Hall–Kier alpha value is -3.61. The van der Waals surface area contributed by atoms with Crippen LogP contribution in [0.25, 0.3) is 0 Å². The molecule has 28 heavy (non-hydrogen) atoms. The number of carbonyl (C=O) groups excluding carboxylic acids is 1. The van der Waals surface area contributed by atoms with Crippen molar-refractivity contribution in [2.45, 2.75) is 6.92 Å². The highest BCUT2D eigenvalue weighted by Gasteiger charge is 2.14. The van der Waals surface area contributed by atoms with E-state index in [4.69, 9.17) is 9.47 Å². The van der Waals surface area contributed by atoms with Gasteiger partial charge in [0.05, 0.1) is 24.6 Å². The van der Waals surface area contributed by atoms with Crippen molar-refractivity contribution in [1.29, 1.82) is 0 Å². The Bertz CT molecular complexity index is 972. The minimum atomic E-state index is -0.257. The molecule has 0 fully saturated rings. The number of nitrogens with one attached hydrogen (secondary N) is 1. The fraction of sp³-hybridized carbons (Fsp3) is 0.190. The number of pyridine rings is 2. The number of amides is 1. The van der Waals surface area contributed by atoms with Crippen LogP contribution in [0.5, 0.6) is 17.4 Å². The second kappa shape index (κ2) is 8.39. The van der Waals surface area contributed by atoms with Gasteiger partial charge in [0, 0.05) is 26.4 Å². The Morgan fingerprint density at radius 1 is 1.07 bits per heavy atom. The summed E-state index contributed by atoms with van der Waals surface area (Å²) in [4.78, 5) is 22.9. The van der Waals surface area contributed by atoms with Crippen LogP contribution in [0.2, 0.25) is 0 Å². The van der Waals surface area contributed by atoms with Crippen LogP contribution in [0.3, 0.4) is 0 Å². The van der Waals surface area contributed by atoms with Crippen molar-refractivity contribution in [2.24, 2.45) is 0 Å². The molecule has 0 saturated carbocycles. The van der Waals surface area contributed by atoms with Crippen molar-refractivity contribution in [3.63, 3.8) is 0 Å². The number of ether oxygens (including phenoxy) is 2. The van der Waals surface area contributed by atoms with Crippen molar-refractivity contribution in [3.05, 3.63) is 66.0 Å². The molecule has 0 aliphatic rings. The number of methoxy groups -OCH3 is 1. The summed E-state index contributed by atoms with van der Waals surface area (Å²) in [7, 11) is 5.27. The molecular weight excluding hydrogens is 356 g/mol. The topological polar surface area (TPSA) is 76.6 Å². The summed E-state index contributed by atoms with van der Waals surface area (Å²) in [6.07, 6.45) is 3.19. The molecule has 2 heterocycles. The van der Waals surface area contributed by atoms with E-state index in [1.165, 1.54) is 0 Å². The molecule has 0 aliphatic carbocycles. The number of aryl methyl sites for hydroxylation is 1. The van der Waals surface area contributed by atoms with Crippen LogP contribution < -0.4 is 19.7 Å². The van der Waals surface area contributed by atoms with Gasteiger partial charge in [-0.3, -0.25) is 4.79 Å². The summed E-state index contributed by atoms with van der Waals surface area (Å²) in [6.45, 7) is 1.98. The number of benzene rings is 1. The molecule has 1 aromatic carbocycles. The third kappa shape index (κ3) is 4.37. The minimum absolute atomic E-state index is 0.257. The number of carbonyl (C=O) groups is 1. The summed E-state index contributed by atoms with van der Waals surface area (Å²) in [5.74, 6) is 1.94. The number of aromatic nitrogens is 2. The molecule has 1 N–H and O–H groups in total. The lowest BCUT2D eigenvalue weighted by atomic mass is 10.2. The van der Waals surface area contributed by atoms with Crippen LogP contribution in [0.15, 0.2) is 54.9 Å². The normalized spacial score (nSPS) is 10.3. The molecule has 0 radical (unpaired) electrons. The van der Waals surface area contributed by atoms with E-state index < -0.39 is 0 Å². The van der Waals surface area contributed by atoms with Gasteiger partial charge in [-0.05, 0) is 42.8 Å². The van der Waals surface area contributed by atoms with Gasteiger partial charge < -0.3 is 19.7 Å². The first-order chi connectivity index (χ1) is 13.5. The van der Waals surface area contributed by atoms with Gasteiger partial charge in [0.1, 0.15) is 5.82 Å². The summed E-state index contributed by atoms with van der Waals surface area (Å²) in [5, 5.41) is 2.83. The highest BCUT2D eigenvalue weighted by Crippen LogP contribution is 2.31. The lowest BCUT2D eigenvalue weighted by molar-refractivity contribution is 0.102. The lowest BCUT2D eigenvalue weighted by Gasteiger charge is -2.15. The van der Waals surface area contributed by atoms with Gasteiger partial charge in [0.25, 0.3) is 5.91 Å². The fourth-order valence-corrected chi connectivity index (χ4v) is 2.62. The van der Waals surface area contributed by atoms with Crippen LogP contribution in [0, 0.1) is 6.92 Å². The molecule has 0 saturated heterocycles.